The van der Waals surface area contributed by atoms with E-state index in [4.69, 9.17) is 5.73 Å². The normalized spacial score (nSPS) is 11.4. The third-order valence-electron chi connectivity index (χ3n) is 3.14. The average molecular weight is 413 g/mol. The first-order chi connectivity index (χ1) is 10.0. The molecule has 6 heteroatoms. The summed E-state index contributed by atoms with van der Waals surface area (Å²) >= 11 is 0. The van der Waals surface area contributed by atoms with Crippen LogP contribution in [-0.2, 0) is 13.1 Å². The van der Waals surface area contributed by atoms with E-state index in [-0.39, 0.29) is 24.0 Å². The predicted molar refractivity (Wildman–Crippen MR) is 102 cm³/mol. The minimum Gasteiger partial charge on any atom is -0.370 e. The van der Waals surface area contributed by atoms with Crippen LogP contribution >= 0.6 is 24.0 Å². The number of guanidine groups is 1. The first kappa shape index (κ1) is 18.5. The number of rotatable bonds is 5. The molecule has 22 heavy (non-hydrogen) atoms. The Hall–Kier alpha value is -1.57. The van der Waals surface area contributed by atoms with E-state index in [1.165, 1.54) is 5.56 Å². The number of nitrogens with zero attached hydrogens (tertiary/aromatic N) is 3. The van der Waals surface area contributed by atoms with Crippen molar-refractivity contribution >= 4 is 29.9 Å². The largest absolute Gasteiger partial charge is 0.370 e. The Labute approximate surface area is 149 Å². The van der Waals surface area contributed by atoms with E-state index < -0.39 is 0 Å². The van der Waals surface area contributed by atoms with Crippen LogP contribution in [0.5, 0.6) is 0 Å². The summed E-state index contributed by atoms with van der Waals surface area (Å²) in [7, 11) is 0. The van der Waals surface area contributed by atoms with Gasteiger partial charge in [-0.15, -0.1) is 24.0 Å². The van der Waals surface area contributed by atoms with Crippen LogP contribution in [0.15, 0.2) is 41.7 Å². The van der Waals surface area contributed by atoms with Crippen LogP contribution in [0.3, 0.4) is 0 Å². The standard InChI is InChI=1S/C16H23N5.HI/c1-12(2)20-16(17)19-10-14-5-4-6-15(9-14)11-21-8-7-18-13(21)3;/h4-9,12H,10-11H2,1-3H3,(H3,17,19,20);1H. The molecule has 2 aromatic rings. The number of aromatic nitrogens is 2. The molecule has 1 aromatic carbocycles. The lowest BCUT2D eigenvalue weighted by molar-refractivity contribution is 0.723. The molecular formula is C16H24IN5. The predicted octanol–water partition coefficient (Wildman–Crippen LogP) is 2.67. The Morgan fingerprint density at radius 2 is 2.09 bits per heavy atom. The van der Waals surface area contributed by atoms with Gasteiger partial charge < -0.3 is 15.6 Å². The number of aryl methyl sites for hydroxylation is 1. The van der Waals surface area contributed by atoms with Gasteiger partial charge in [0, 0.05) is 25.0 Å². The Bertz CT molecular complexity index is 619. The fourth-order valence-electron chi connectivity index (χ4n) is 2.11. The lowest BCUT2D eigenvalue weighted by Gasteiger charge is -2.09. The van der Waals surface area contributed by atoms with E-state index in [0.717, 1.165) is 17.9 Å². The van der Waals surface area contributed by atoms with Crippen molar-refractivity contribution in [3.8, 4) is 0 Å². The molecule has 120 valence electrons. The van der Waals surface area contributed by atoms with Gasteiger partial charge in [0.2, 0.25) is 0 Å². The molecule has 0 bridgehead atoms. The SMILES string of the molecule is Cc1nccn1Cc1cccc(CN=C(N)NC(C)C)c1.I. The number of nitrogens with two attached hydrogens (primary N) is 1. The highest BCUT2D eigenvalue weighted by molar-refractivity contribution is 14.0. The first-order valence-corrected chi connectivity index (χ1v) is 7.16. The molecule has 0 unspecified atom stereocenters. The van der Waals surface area contributed by atoms with Gasteiger partial charge in [0.25, 0.3) is 0 Å². The van der Waals surface area contributed by atoms with Crippen molar-refractivity contribution in [3.63, 3.8) is 0 Å². The second-order valence-electron chi connectivity index (χ2n) is 5.42. The number of imidazole rings is 1. The van der Waals surface area contributed by atoms with E-state index in [9.17, 15) is 0 Å². The maximum Gasteiger partial charge on any atom is 0.189 e. The molecule has 3 N–H and O–H groups in total. The van der Waals surface area contributed by atoms with Gasteiger partial charge in [0.15, 0.2) is 5.96 Å². The molecule has 0 saturated heterocycles. The van der Waals surface area contributed by atoms with Gasteiger partial charge in [0.05, 0.1) is 6.54 Å². The zero-order chi connectivity index (χ0) is 15.2. The second kappa shape index (κ2) is 8.77. The van der Waals surface area contributed by atoms with E-state index in [0.29, 0.717) is 18.5 Å². The zero-order valence-electron chi connectivity index (χ0n) is 13.3. The van der Waals surface area contributed by atoms with Gasteiger partial charge in [0.1, 0.15) is 5.82 Å². The van der Waals surface area contributed by atoms with Crippen LogP contribution in [0.2, 0.25) is 0 Å². The number of halogens is 1. The molecule has 0 amide bonds. The average Bonchev–Trinajstić information content (AvgIpc) is 2.82. The Morgan fingerprint density at radius 1 is 1.36 bits per heavy atom. The Kier molecular flexibility index (Phi) is 7.37. The summed E-state index contributed by atoms with van der Waals surface area (Å²) in [5.41, 5.74) is 8.20. The van der Waals surface area contributed by atoms with Gasteiger partial charge in [-0.25, -0.2) is 9.98 Å². The maximum absolute atomic E-state index is 5.82. The van der Waals surface area contributed by atoms with Gasteiger partial charge in [-0.3, -0.25) is 0 Å². The lowest BCUT2D eigenvalue weighted by Crippen LogP contribution is -2.36. The van der Waals surface area contributed by atoms with Gasteiger partial charge in [-0.1, -0.05) is 24.3 Å². The Balaban J connectivity index is 0.00000242. The van der Waals surface area contributed by atoms with Gasteiger partial charge in [-0.2, -0.15) is 0 Å². The van der Waals surface area contributed by atoms with Crippen molar-refractivity contribution in [2.45, 2.75) is 39.9 Å². The summed E-state index contributed by atoms with van der Waals surface area (Å²) in [6, 6.07) is 8.69. The number of hydrogen-bond acceptors (Lipinski definition) is 2. The number of nitrogens with one attached hydrogen (secondary N) is 1. The first-order valence-electron chi connectivity index (χ1n) is 7.16. The molecule has 0 aliphatic carbocycles. The quantitative estimate of drug-likeness (QED) is 0.450. The van der Waals surface area contributed by atoms with Crippen molar-refractivity contribution in [2.24, 2.45) is 10.7 Å². The molecule has 0 saturated carbocycles. The van der Waals surface area contributed by atoms with E-state index in [1.807, 2.05) is 33.2 Å². The number of hydrogen-bond donors (Lipinski definition) is 2. The molecule has 0 aliphatic heterocycles. The zero-order valence-corrected chi connectivity index (χ0v) is 15.6. The molecular weight excluding hydrogens is 389 g/mol. The third-order valence-corrected chi connectivity index (χ3v) is 3.14. The van der Waals surface area contributed by atoms with Crippen LogP contribution in [-0.4, -0.2) is 21.6 Å². The second-order valence-corrected chi connectivity index (χ2v) is 5.42. The fourth-order valence-corrected chi connectivity index (χ4v) is 2.11. The van der Waals surface area contributed by atoms with Crippen LogP contribution in [0.1, 0.15) is 30.8 Å². The minimum atomic E-state index is 0. The van der Waals surface area contributed by atoms with E-state index in [1.54, 1.807) is 0 Å². The van der Waals surface area contributed by atoms with Crippen LogP contribution in [0.4, 0.5) is 0 Å². The van der Waals surface area contributed by atoms with E-state index in [2.05, 4.69) is 44.1 Å². The lowest BCUT2D eigenvalue weighted by atomic mass is 10.1. The van der Waals surface area contributed by atoms with Crippen molar-refractivity contribution in [2.75, 3.05) is 0 Å². The topological polar surface area (TPSA) is 68.2 Å². The molecule has 0 aliphatic rings. The highest BCUT2D eigenvalue weighted by Crippen LogP contribution is 2.09. The van der Waals surface area contributed by atoms with Crippen molar-refractivity contribution in [3.05, 3.63) is 53.6 Å². The summed E-state index contributed by atoms with van der Waals surface area (Å²) in [6.45, 7) is 7.49. The molecule has 0 atom stereocenters. The van der Waals surface area contributed by atoms with Crippen LogP contribution < -0.4 is 11.1 Å². The van der Waals surface area contributed by atoms with Crippen molar-refractivity contribution in [1.82, 2.24) is 14.9 Å². The summed E-state index contributed by atoms with van der Waals surface area (Å²) in [4.78, 5) is 8.59. The highest BCUT2D eigenvalue weighted by atomic mass is 127. The van der Waals surface area contributed by atoms with Crippen molar-refractivity contribution in [1.29, 1.82) is 0 Å². The Morgan fingerprint density at radius 3 is 2.73 bits per heavy atom. The van der Waals surface area contributed by atoms with Gasteiger partial charge >= 0.3 is 0 Å². The highest BCUT2D eigenvalue weighted by Gasteiger charge is 2.01. The summed E-state index contributed by atoms with van der Waals surface area (Å²) in [6.07, 6.45) is 3.81. The maximum atomic E-state index is 5.82. The summed E-state index contributed by atoms with van der Waals surface area (Å²) < 4.78 is 2.12. The monoisotopic (exact) mass is 413 g/mol. The molecule has 5 nitrogen and oxygen atoms in total. The fraction of sp³-hybridized carbons (Fsp3) is 0.375. The minimum absolute atomic E-state index is 0. The smallest absolute Gasteiger partial charge is 0.189 e. The number of aliphatic imine (C=N–C) groups is 1. The van der Waals surface area contributed by atoms with Crippen molar-refractivity contribution < 1.29 is 0 Å². The third kappa shape index (κ3) is 5.67. The van der Waals surface area contributed by atoms with Gasteiger partial charge in [-0.05, 0) is 31.9 Å². The van der Waals surface area contributed by atoms with Crippen LogP contribution in [0, 0.1) is 6.92 Å². The summed E-state index contributed by atoms with van der Waals surface area (Å²) in [5, 5.41) is 3.09. The molecule has 2 rings (SSSR count). The number of benzene rings is 1. The molecule has 1 aromatic heterocycles. The van der Waals surface area contributed by atoms with E-state index >= 15 is 0 Å². The molecule has 0 radical (unpaired) electrons. The molecule has 0 fully saturated rings. The molecule has 1 heterocycles. The summed E-state index contributed by atoms with van der Waals surface area (Å²) in [5.74, 6) is 1.50. The molecule has 0 spiro atoms. The van der Waals surface area contributed by atoms with Crippen LogP contribution in [0.25, 0.3) is 0 Å².